The number of hydrogen-bond acceptors (Lipinski definition) is 2. The Morgan fingerprint density at radius 3 is 0.625 bits per heavy atom. The topological polar surface area (TPSA) is 34.1 Å². The van der Waals surface area contributed by atoms with Gasteiger partial charge in [-0.05, 0) is 0 Å². The van der Waals surface area contributed by atoms with Crippen LogP contribution in [0.3, 0.4) is 0 Å². The van der Waals surface area contributed by atoms with Crippen molar-refractivity contribution >= 4 is 11.6 Å². The van der Waals surface area contributed by atoms with Crippen molar-refractivity contribution in [1.29, 1.82) is 0 Å². The van der Waals surface area contributed by atoms with Crippen LogP contribution in [0, 0.1) is 23.7 Å². The molecule has 0 saturated carbocycles. The molecule has 0 saturated heterocycles. The molecule has 0 radical (unpaired) electrons. The first-order valence-corrected chi connectivity index (χ1v) is 6.18. The number of Topliss-reactive ketones (excluding diaryl/α,β-unsaturated/α-hetero) is 2. The summed E-state index contributed by atoms with van der Waals surface area (Å²) in [7, 11) is 0. The van der Waals surface area contributed by atoms with Crippen LogP contribution >= 0.6 is 0 Å². The summed E-state index contributed by atoms with van der Waals surface area (Å²) in [6.45, 7) is 15.5. The molecule has 0 aromatic rings. The zero-order valence-electron chi connectivity index (χ0n) is 12.1. The molecule has 0 amide bonds. The molecule has 0 aliphatic rings. The van der Waals surface area contributed by atoms with Gasteiger partial charge in [-0.1, -0.05) is 55.4 Å². The minimum absolute atomic E-state index is 0.204. The molecule has 0 bridgehead atoms. The number of carbonyl (C=O) groups excluding carboxylic acids is 2. The predicted octanol–water partition coefficient (Wildman–Crippen LogP) is 3.74. The second-order valence-corrected chi connectivity index (χ2v) is 5.42. The SMILES string of the molecule is CC(C)C(=O)C(C)C.CC(C)C(=O)C(C)C. The van der Waals surface area contributed by atoms with Crippen LogP contribution in [0.25, 0.3) is 0 Å². The van der Waals surface area contributed by atoms with E-state index in [1.165, 1.54) is 0 Å². The molecular weight excluding hydrogens is 200 g/mol. The van der Waals surface area contributed by atoms with Crippen LogP contribution in [0.2, 0.25) is 0 Å². The molecule has 2 nitrogen and oxygen atoms in total. The lowest BCUT2D eigenvalue weighted by molar-refractivity contribution is -0.125. The maximum absolute atomic E-state index is 10.8. The van der Waals surface area contributed by atoms with Gasteiger partial charge in [0, 0.05) is 23.7 Å². The van der Waals surface area contributed by atoms with Crippen LogP contribution < -0.4 is 0 Å². The highest BCUT2D eigenvalue weighted by Gasteiger charge is 2.10. The Morgan fingerprint density at radius 1 is 0.500 bits per heavy atom. The van der Waals surface area contributed by atoms with Crippen molar-refractivity contribution in [1.82, 2.24) is 0 Å². The van der Waals surface area contributed by atoms with Crippen LogP contribution in [0.15, 0.2) is 0 Å². The average Bonchev–Trinajstić information content (AvgIpc) is 2.15. The molecule has 0 aliphatic heterocycles. The van der Waals surface area contributed by atoms with Gasteiger partial charge in [0.05, 0.1) is 0 Å². The van der Waals surface area contributed by atoms with E-state index in [4.69, 9.17) is 0 Å². The van der Waals surface area contributed by atoms with Gasteiger partial charge in [0.1, 0.15) is 11.6 Å². The van der Waals surface area contributed by atoms with Gasteiger partial charge in [-0.3, -0.25) is 9.59 Å². The minimum atomic E-state index is 0.204. The molecule has 0 spiro atoms. The molecule has 0 unspecified atom stereocenters. The summed E-state index contributed by atoms with van der Waals surface area (Å²) in [5.41, 5.74) is 0. The van der Waals surface area contributed by atoms with E-state index in [-0.39, 0.29) is 23.7 Å². The second kappa shape index (κ2) is 8.49. The lowest BCUT2D eigenvalue weighted by atomic mass is 9.99. The molecule has 96 valence electrons. The van der Waals surface area contributed by atoms with Gasteiger partial charge in [0.2, 0.25) is 0 Å². The highest BCUT2D eigenvalue weighted by molar-refractivity contribution is 5.82. The van der Waals surface area contributed by atoms with Gasteiger partial charge >= 0.3 is 0 Å². The maximum atomic E-state index is 10.8. The van der Waals surface area contributed by atoms with E-state index in [1.807, 2.05) is 55.4 Å². The lowest BCUT2D eigenvalue weighted by Gasteiger charge is -2.05. The van der Waals surface area contributed by atoms with E-state index < -0.39 is 0 Å². The normalized spacial score (nSPS) is 10.8. The zero-order chi connectivity index (χ0) is 13.5. The molecule has 0 aromatic heterocycles. The van der Waals surface area contributed by atoms with Crippen LogP contribution in [-0.4, -0.2) is 11.6 Å². The van der Waals surface area contributed by atoms with E-state index in [9.17, 15) is 9.59 Å². The quantitative estimate of drug-likeness (QED) is 0.734. The largest absolute Gasteiger partial charge is 0.299 e. The van der Waals surface area contributed by atoms with E-state index in [0.717, 1.165) is 0 Å². The molecular formula is C14H28O2. The fourth-order valence-corrected chi connectivity index (χ4v) is 1.33. The Balaban J connectivity index is 0. The number of carbonyl (C=O) groups is 2. The summed E-state index contributed by atoms with van der Waals surface area (Å²) in [6.07, 6.45) is 0. The van der Waals surface area contributed by atoms with Crippen molar-refractivity contribution < 1.29 is 9.59 Å². The second-order valence-electron chi connectivity index (χ2n) is 5.42. The van der Waals surface area contributed by atoms with Gasteiger partial charge in [-0.2, -0.15) is 0 Å². The van der Waals surface area contributed by atoms with E-state index >= 15 is 0 Å². The van der Waals surface area contributed by atoms with Crippen LogP contribution in [0.1, 0.15) is 55.4 Å². The maximum Gasteiger partial charge on any atom is 0.137 e. The summed E-state index contributed by atoms with van der Waals surface area (Å²) < 4.78 is 0. The predicted molar refractivity (Wildman–Crippen MR) is 69.4 cm³/mol. The van der Waals surface area contributed by atoms with Gasteiger partial charge in [0.15, 0.2) is 0 Å². The van der Waals surface area contributed by atoms with Crippen LogP contribution in [0.5, 0.6) is 0 Å². The van der Waals surface area contributed by atoms with Gasteiger partial charge < -0.3 is 0 Å². The fraction of sp³-hybridized carbons (Fsp3) is 0.857. The van der Waals surface area contributed by atoms with Gasteiger partial charge in [-0.15, -0.1) is 0 Å². The summed E-state index contributed by atoms with van der Waals surface area (Å²) in [5, 5.41) is 0. The number of rotatable bonds is 4. The molecule has 2 heteroatoms. The number of ketones is 2. The Hall–Kier alpha value is -0.660. The lowest BCUT2D eigenvalue weighted by Crippen LogP contribution is -2.13. The van der Waals surface area contributed by atoms with Crippen molar-refractivity contribution in [3.8, 4) is 0 Å². The molecule has 0 aliphatic carbocycles. The van der Waals surface area contributed by atoms with Crippen molar-refractivity contribution in [2.24, 2.45) is 23.7 Å². The van der Waals surface area contributed by atoms with Crippen LogP contribution in [0.4, 0.5) is 0 Å². The first-order chi connectivity index (χ1) is 7.11. The molecule has 0 aromatic carbocycles. The van der Waals surface area contributed by atoms with Crippen molar-refractivity contribution in [3.63, 3.8) is 0 Å². The number of hydrogen-bond donors (Lipinski definition) is 0. The molecule has 0 heterocycles. The zero-order valence-corrected chi connectivity index (χ0v) is 12.1. The van der Waals surface area contributed by atoms with Crippen LogP contribution in [-0.2, 0) is 9.59 Å². The third-order valence-electron chi connectivity index (χ3n) is 2.28. The average molecular weight is 228 g/mol. The van der Waals surface area contributed by atoms with E-state index in [0.29, 0.717) is 11.6 Å². The standard InChI is InChI=1S/2C7H14O/c2*1-5(2)7(8)6(3)4/h2*5-6H,1-4H3. The first kappa shape index (κ1) is 17.7. The summed E-state index contributed by atoms with van der Waals surface area (Å²) in [4.78, 5) is 21.7. The van der Waals surface area contributed by atoms with E-state index in [2.05, 4.69) is 0 Å². The Labute approximate surface area is 101 Å². The summed E-state index contributed by atoms with van der Waals surface area (Å²) in [6, 6.07) is 0. The minimum Gasteiger partial charge on any atom is -0.299 e. The Bertz CT molecular complexity index is 169. The summed E-state index contributed by atoms with van der Waals surface area (Å²) >= 11 is 0. The molecule has 16 heavy (non-hydrogen) atoms. The van der Waals surface area contributed by atoms with Gasteiger partial charge in [-0.25, -0.2) is 0 Å². The van der Waals surface area contributed by atoms with Gasteiger partial charge in [0.25, 0.3) is 0 Å². The Morgan fingerprint density at radius 2 is 0.625 bits per heavy atom. The third-order valence-corrected chi connectivity index (χ3v) is 2.28. The molecule has 0 fully saturated rings. The highest BCUT2D eigenvalue weighted by Crippen LogP contribution is 2.04. The van der Waals surface area contributed by atoms with Crippen molar-refractivity contribution in [2.75, 3.05) is 0 Å². The first-order valence-electron chi connectivity index (χ1n) is 6.18. The van der Waals surface area contributed by atoms with E-state index in [1.54, 1.807) is 0 Å². The smallest absolute Gasteiger partial charge is 0.137 e. The third kappa shape index (κ3) is 8.63. The molecule has 0 atom stereocenters. The molecule has 0 N–H and O–H groups in total. The van der Waals surface area contributed by atoms with Crippen molar-refractivity contribution in [3.05, 3.63) is 0 Å². The van der Waals surface area contributed by atoms with Crippen molar-refractivity contribution in [2.45, 2.75) is 55.4 Å². The molecule has 0 rings (SSSR count). The fourth-order valence-electron chi connectivity index (χ4n) is 1.33. The summed E-state index contributed by atoms with van der Waals surface area (Å²) in [5.74, 6) is 1.52. The monoisotopic (exact) mass is 228 g/mol. The Kier molecular flexibility index (Phi) is 9.40. The highest BCUT2D eigenvalue weighted by atomic mass is 16.1.